The normalized spacial score (nSPS) is 33.6. The van der Waals surface area contributed by atoms with Crippen LogP contribution in [0.4, 0.5) is 5.69 Å². The molecule has 1 spiro atoms. The first-order valence-electron chi connectivity index (χ1n) is 21.2. The first kappa shape index (κ1) is 40.3. The molecule has 2 N–H and O–H groups in total. The van der Waals surface area contributed by atoms with Gasteiger partial charge in [0.2, 0.25) is 5.60 Å². The van der Waals surface area contributed by atoms with Gasteiger partial charge in [0.1, 0.15) is 11.2 Å². The van der Waals surface area contributed by atoms with Gasteiger partial charge in [-0.1, -0.05) is 43.7 Å². The molecular formula is C47H55N5O8. The second-order valence-electron chi connectivity index (χ2n) is 17.8. The van der Waals surface area contributed by atoms with Crippen LogP contribution in [0.2, 0.25) is 0 Å². The van der Waals surface area contributed by atoms with E-state index in [1.165, 1.54) is 26.7 Å². The van der Waals surface area contributed by atoms with E-state index in [1.807, 2.05) is 37.1 Å². The highest BCUT2D eigenvalue weighted by Gasteiger charge is 2.80. The molecule has 316 valence electrons. The molecule has 1 saturated heterocycles. The largest absolute Gasteiger partial charge is 0.496 e. The second-order valence-corrected chi connectivity index (χ2v) is 17.8. The smallest absolute Gasteiger partial charge is 0.344 e. The molecule has 13 nitrogen and oxygen atoms in total. The van der Waals surface area contributed by atoms with Crippen molar-refractivity contribution in [3.05, 3.63) is 82.1 Å². The molecule has 0 radical (unpaired) electrons. The number of esters is 3. The number of benzene rings is 2. The van der Waals surface area contributed by atoms with Crippen LogP contribution in [0.15, 0.2) is 54.1 Å². The van der Waals surface area contributed by atoms with Gasteiger partial charge >= 0.3 is 17.9 Å². The molecule has 0 amide bonds. The van der Waals surface area contributed by atoms with E-state index < -0.39 is 51.9 Å². The van der Waals surface area contributed by atoms with E-state index in [9.17, 15) is 20.0 Å². The molecule has 5 aliphatic heterocycles. The number of methoxy groups -OCH3 is 3. The van der Waals surface area contributed by atoms with Crippen LogP contribution in [0, 0.1) is 22.7 Å². The third-order valence-electron chi connectivity index (χ3n) is 15.2. The lowest BCUT2D eigenvalue weighted by molar-refractivity contribution is -0.228. The van der Waals surface area contributed by atoms with Crippen LogP contribution >= 0.6 is 0 Å². The number of fused-ring (bicyclic) bond motifs is 6. The number of aromatic nitrogens is 1. The summed E-state index contributed by atoms with van der Waals surface area (Å²) >= 11 is 0. The zero-order chi connectivity index (χ0) is 42.5. The van der Waals surface area contributed by atoms with Gasteiger partial charge in [0.05, 0.1) is 39.9 Å². The molecule has 1 aliphatic carbocycles. The predicted octanol–water partition coefficient (Wildman–Crippen LogP) is 4.82. The summed E-state index contributed by atoms with van der Waals surface area (Å²) in [6.07, 6.45) is 7.72. The Morgan fingerprint density at radius 2 is 1.82 bits per heavy atom. The maximum absolute atomic E-state index is 15.3. The summed E-state index contributed by atoms with van der Waals surface area (Å²) < 4.78 is 23.9. The number of anilines is 1. The summed E-state index contributed by atoms with van der Waals surface area (Å²) in [4.78, 5) is 53.2. The van der Waals surface area contributed by atoms with Crippen molar-refractivity contribution in [2.24, 2.45) is 11.3 Å². The van der Waals surface area contributed by atoms with Crippen molar-refractivity contribution in [2.75, 3.05) is 59.5 Å². The molecule has 9 rings (SSSR count). The molecular weight excluding hydrogens is 763 g/mol. The van der Waals surface area contributed by atoms with Crippen LogP contribution in [0.1, 0.15) is 74.4 Å². The third-order valence-corrected chi connectivity index (χ3v) is 15.2. The van der Waals surface area contributed by atoms with Gasteiger partial charge < -0.3 is 33.9 Å². The number of carbonyl (C=O) groups is 3. The number of nitrogens with zero attached hydrogens (tertiary/aromatic N) is 4. The van der Waals surface area contributed by atoms with Gasteiger partial charge in [0.15, 0.2) is 6.10 Å². The summed E-state index contributed by atoms with van der Waals surface area (Å²) in [5, 5.41) is 24.0. The number of hydrogen-bond acceptors (Lipinski definition) is 12. The Balaban J connectivity index is 1.37. The lowest BCUT2D eigenvalue weighted by Crippen LogP contribution is -2.81. The fraction of sp³-hybridized carbons (Fsp3) is 0.532. The number of rotatable bonds is 8. The minimum Gasteiger partial charge on any atom is -0.496 e. The number of likely N-dealkylation sites (N-methyl/N-ethyl adjacent to an activating group) is 1. The molecule has 1 unspecified atom stereocenters. The highest BCUT2D eigenvalue weighted by atomic mass is 16.6. The van der Waals surface area contributed by atoms with Gasteiger partial charge in [-0.3, -0.25) is 19.4 Å². The minimum atomic E-state index is -2.30. The van der Waals surface area contributed by atoms with Crippen LogP contribution in [-0.2, 0) is 52.4 Å². The Morgan fingerprint density at radius 1 is 1.03 bits per heavy atom. The number of nitrogens with one attached hydrogen (secondary N) is 1. The number of aliphatic hydroxyl groups is 1. The number of H-pyrrole nitrogens is 1. The zero-order valence-electron chi connectivity index (χ0n) is 35.6. The van der Waals surface area contributed by atoms with Crippen LogP contribution in [0.25, 0.3) is 10.9 Å². The van der Waals surface area contributed by atoms with E-state index in [0.717, 1.165) is 58.5 Å². The van der Waals surface area contributed by atoms with Crippen molar-refractivity contribution in [2.45, 2.75) is 94.0 Å². The topological polar surface area (TPSA) is 158 Å². The van der Waals surface area contributed by atoms with Crippen molar-refractivity contribution >= 4 is 34.5 Å². The highest BCUT2D eigenvalue weighted by molar-refractivity contribution is 5.95. The summed E-state index contributed by atoms with van der Waals surface area (Å²) in [5.74, 6) is -1.47. The summed E-state index contributed by atoms with van der Waals surface area (Å²) in [7, 11) is 6.16. The Bertz CT molecular complexity index is 2420. The van der Waals surface area contributed by atoms with E-state index in [1.54, 1.807) is 7.11 Å². The Kier molecular flexibility index (Phi) is 9.54. The summed E-state index contributed by atoms with van der Waals surface area (Å²) in [6, 6.07) is 11.1. The van der Waals surface area contributed by atoms with E-state index in [0.29, 0.717) is 50.2 Å². The Hall–Kier alpha value is -5.16. The number of ether oxygens (including phenoxy) is 4. The second kappa shape index (κ2) is 14.2. The maximum atomic E-state index is 15.3. The molecule has 6 heterocycles. The zero-order valence-corrected chi connectivity index (χ0v) is 35.6. The van der Waals surface area contributed by atoms with Crippen molar-refractivity contribution in [1.82, 2.24) is 14.8 Å². The van der Waals surface area contributed by atoms with E-state index in [2.05, 4.69) is 58.1 Å². The van der Waals surface area contributed by atoms with Crippen LogP contribution in [0.3, 0.4) is 0 Å². The first-order chi connectivity index (χ1) is 28.8. The van der Waals surface area contributed by atoms with E-state index in [4.69, 9.17) is 18.9 Å². The molecule has 3 aromatic rings. The summed E-state index contributed by atoms with van der Waals surface area (Å²) in [5.41, 5.74) is 1.40. The average Bonchev–Trinajstić information content (AvgIpc) is 3.89. The maximum Gasteiger partial charge on any atom is 0.344 e. The molecule has 1 aromatic heterocycles. The van der Waals surface area contributed by atoms with Crippen molar-refractivity contribution in [3.8, 4) is 11.8 Å². The van der Waals surface area contributed by atoms with E-state index in [-0.39, 0.29) is 18.4 Å². The third kappa shape index (κ3) is 5.16. The minimum absolute atomic E-state index is 0.0187. The van der Waals surface area contributed by atoms with E-state index >= 15 is 4.79 Å². The highest BCUT2D eigenvalue weighted by Crippen LogP contribution is 2.68. The number of hydrogen-bond donors (Lipinski definition) is 2. The van der Waals surface area contributed by atoms with Crippen molar-refractivity contribution in [1.29, 1.82) is 5.26 Å². The van der Waals surface area contributed by atoms with Gasteiger partial charge in [0.25, 0.3) is 0 Å². The number of aromatic amines is 1. The van der Waals surface area contributed by atoms with Gasteiger partial charge in [-0.15, -0.1) is 0 Å². The predicted molar refractivity (Wildman–Crippen MR) is 223 cm³/mol. The van der Waals surface area contributed by atoms with Gasteiger partial charge in [-0.25, -0.2) is 4.79 Å². The SMILES string of the molecule is CCC1=C[C@H]2CN(C1)Cc1c([nH]c3ccc(CC#N)cc13)[C@@](C(=O)OC)(c1cc3c(cc1OC)N(C)[C@H]1[C@@](O)(C(=O)OC)[C@H](OC(C)=O)[C@]4(CC)C=CCN5CC[C@]31[C@@H]54)C2. The molecule has 2 bridgehead atoms. The average molecular weight is 818 g/mol. The molecule has 60 heavy (non-hydrogen) atoms. The Labute approximate surface area is 350 Å². The van der Waals surface area contributed by atoms with Gasteiger partial charge in [-0.2, -0.15) is 5.26 Å². The monoisotopic (exact) mass is 817 g/mol. The van der Waals surface area contributed by atoms with Gasteiger partial charge in [0, 0.05) is 90.9 Å². The fourth-order valence-corrected chi connectivity index (χ4v) is 13.1. The lowest BCUT2D eigenvalue weighted by Gasteiger charge is -2.63. The van der Waals surface area contributed by atoms with Crippen molar-refractivity contribution < 1.29 is 38.4 Å². The first-order valence-corrected chi connectivity index (χ1v) is 21.2. The van der Waals surface area contributed by atoms with Crippen LogP contribution in [-0.4, -0.2) is 116 Å². The quantitative estimate of drug-likeness (QED) is 0.182. The molecule has 13 heteroatoms. The number of carbonyl (C=O) groups excluding carboxylic acids is 3. The van der Waals surface area contributed by atoms with Crippen LogP contribution in [0.5, 0.6) is 5.75 Å². The molecule has 6 aliphatic rings. The molecule has 1 saturated carbocycles. The number of nitriles is 1. The summed E-state index contributed by atoms with van der Waals surface area (Å²) in [6.45, 7) is 8.93. The molecule has 9 atom stereocenters. The fourth-order valence-electron chi connectivity index (χ4n) is 13.1. The van der Waals surface area contributed by atoms with Crippen LogP contribution < -0.4 is 9.64 Å². The standard InChI is InChI=1S/C47H55N5O8/c1-8-28-19-30-23-46(42(54)58-6,38-32(26-51(24-28)25-30)31-20-29(13-16-48)11-12-35(31)49-38)34-21-33-36(22-37(34)57-5)50(4)40-45(33)15-18-52-17-10-14-44(9-2,39(45)52)41(60-27(3)53)47(40,56)43(55)59-7/h10-12,14,19-22,30,39-41,49,56H,8-9,13,15,17-18,23-26H2,1-7H3/t30-,39+,40-,41-,44-,45-,46+,47+/m1/s1. The van der Waals surface area contributed by atoms with Crippen molar-refractivity contribution in [3.63, 3.8) is 0 Å². The molecule has 2 fully saturated rings. The van der Waals surface area contributed by atoms with Gasteiger partial charge in [-0.05, 0) is 73.0 Å². The Morgan fingerprint density at radius 3 is 2.50 bits per heavy atom. The lowest BCUT2D eigenvalue weighted by atomic mass is 9.47. The molecule has 2 aromatic carbocycles.